The standard InChI is InChI=1S/C19H29N5O/c1-4-20-19(21-10-6-12-24-13-7-11-23-24)22-15-17(3)25-18-9-5-8-16(2)14-18/h5,7-9,11,13-14,17H,4,6,10,12,15H2,1-3H3,(H2,20,21,22). The fourth-order valence-corrected chi connectivity index (χ4v) is 2.40. The van der Waals surface area contributed by atoms with Crippen molar-refractivity contribution in [2.24, 2.45) is 4.99 Å². The predicted octanol–water partition coefficient (Wildman–Crippen LogP) is 2.60. The summed E-state index contributed by atoms with van der Waals surface area (Å²) < 4.78 is 7.86. The molecule has 0 aliphatic carbocycles. The molecule has 0 spiro atoms. The normalized spacial score (nSPS) is 12.7. The molecule has 1 atom stereocenters. The molecular formula is C19H29N5O. The lowest BCUT2D eigenvalue weighted by Crippen LogP contribution is -2.38. The Bertz CT molecular complexity index is 639. The van der Waals surface area contributed by atoms with Gasteiger partial charge >= 0.3 is 0 Å². The predicted molar refractivity (Wildman–Crippen MR) is 102 cm³/mol. The highest BCUT2D eigenvalue weighted by molar-refractivity contribution is 5.79. The van der Waals surface area contributed by atoms with Crippen LogP contribution >= 0.6 is 0 Å². The lowest BCUT2D eigenvalue weighted by molar-refractivity contribution is 0.230. The molecule has 2 rings (SSSR count). The van der Waals surface area contributed by atoms with Crippen molar-refractivity contribution in [1.82, 2.24) is 20.4 Å². The lowest BCUT2D eigenvalue weighted by atomic mass is 10.2. The second-order valence-electron chi connectivity index (χ2n) is 6.01. The Morgan fingerprint density at radius 1 is 1.32 bits per heavy atom. The van der Waals surface area contributed by atoms with Gasteiger partial charge in [-0.3, -0.25) is 4.68 Å². The summed E-state index contributed by atoms with van der Waals surface area (Å²) in [5, 5.41) is 10.8. The molecule has 0 amide bonds. The van der Waals surface area contributed by atoms with E-state index in [2.05, 4.69) is 40.6 Å². The van der Waals surface area contributed by atoms with Crippen molar-refractivity contribution in [3.63, 3.8) is 0 Å². The largest absolute Gasteiger partial charge is 0.489 e. The Balaban J connectivity index is 1.75. The van der Waals surface area contributed by atoms with Crippen LogP contribution in [0.25, 0.3) is 0 Å². The Hall–Kier alpha value is -2.50. The molecule has 6 nitrogen and oxygen atoms in total. The summed E-state index contributed by atoms with van der Waals surface area (Å²) in [6, 6.07) is 10.0. The summed E-state index contributed by atoms with van der Waals surface area (Å²) >= 11 is 0. The molecule has 1 aromatic heterocycles. The van der Waals surface area contributed by atoms with Gasteiger partial charge in [0.05, 0.1) is 6.54 Å². The van der Waals surface area contributed by atoms with Gasteiger partial charge in [0.25, 0.3) is 0 Å². The van der Waals surface area contributed by atoms with E-state index >= 15 is 0 Å². The van der Waals surface area contributed by atoms with Gasteiger partial charge in [-0.2, -0.15) is 5.10 Å². The molecule has 0 aliphatic rings. The molecule has 0 saturated heterocycles. The van der Waals surface area contributed by atoms with Gasteiger partial charge in [-0.25, -0.2) is 4.99 Å². The number of aromatic nitrogens is 2. The molecule has 0 aliphatic heterocycles. The van der Waals surface area contributed by atoms with Crippen LogP contribution in [0.5, 0.6) is 5.75 Å². The fraction of sp³-hybridized carbons (Fsp3) is 0.474. The first-order valence-electron chi connectivity index (χ1n) is 8.90. The van der Waals surface area contributed by atoms with E-state index in [1.54, 1.807) is 6.20 Å². The van der Waals surface area contributed by atoms with Crippen LogP contribution in [-0.4, -0.2) is 41.5 Å². The zero-order valence-corrected chi connectivity index (χ0v) is 15.4. The third kappa shape index (κ3) is 7.28. The number of aryl methyl sites for hydroxylation is 2. The minimum atomic E-state index is 0.0151. The van der Waals surface area contributed by atoms with Crippen molar-refractivity contribution in [2.75, 3.05) is 19.6 Å². The van der Waals surface area contributed by atoms with Crippen LogP contribution in [0.3, 0.4) is 0 Å². The second kappa shape index (κ2) is 10.4. The van der Waals surface area contributed by atoms with Gasteiger partial charge in [0, 0.05) is 32.0 Å². The fourth-order valence-electron chi connectivity index (χ4n) is 2.40. The minimum Gasteiger partial charge on any atom is -0.489 e. The smallest absolute Gasteiger partial charge is 0.191 e. The summed E-state index contributed by atoms with van der Waals surface area (Å²) in [7, 11) is 0. The molecular weight excluding hydrogens is 314 g/mol. The van der Waals surface area contributed by atoms with E-state index < -0.39 is 0 Å². The maximum atomic E-state index is 5.92. The highest BCUT2D eigenvalue weighted by Gasteiger charge is 2.05. The van der Waals surface area contributed by atoms with Crippen molar-refractivity contribution in [2.45, 2.75) is 39.8 Å². The zero-order valence-electron chi connectivity index (χ0n) is 15.4. The highest BCUT2D eigenvalue weighted by Crippen LogP contribution is 2.14. The summed E-state index contributed by atoms with van der Waals surface area (Å²) in [5.41, 5.74) is 1.19. The first-order chi connectivity index (χ1) is 12.2. The van der Waals surface area contributed by atoms with Crippen molar-refractivity contribution >= 4 is 5.96 Å². The molecule has 0 fully saturated rings. The van der Waals surface area contributed by atoms with Crippen molar-refractivity contribution in [1.29, 1.82) is 0 Å². The quantitative estimate of drug-likeness (QED) is 0.417. The zero-order chi connectivity index (χ0) is 17.9. The van der Waals surface area contributed by atoms with Crippen LogP contribution in [0.2, 0.25) is 0 Å². The van der Waals surface area contributed by atoms with Crippen LogP contribution in [0, 0.1) is 6.92 Å². The second-order valence-corrected chi connectivity index (χ2v) is 6.01. The van der Waals surface area contributed by atoms with Gasteiger partial charge in [0.2, 0.25) is 0 Å². The Labute approximate surface area is 150 Å². The monoisotopic (exact) mass is 343 g/mol. The molecule has 2 aromatic rings. The van der Waals surface area contributed by atoms with Crippen LogP contribution in [-0.2, 0) is 6.54 Å². The number of hydrogen-bond donors (Lipinski definition) is 2. The minimum absolute atomic E-state index is 0.0151. The van der Waals surface area contributed by atoms with Crippen molar-refractivity contribution < 1.29 is 4.74 Å². The van der Waals surface area contributed by atoms with Crippen molar-refractivity contribution in [3.05, 3.63) is 48.3 Å². The van der Waals surface area contributed by atoms with Crippen LogP contribution < -0.4 is 15.4 Å². The van der Waals surface area contributed by atoms with Gasteiger partial charge in [-0.15, -0.1) is 0 Å². The highest BCUT2D eigenvalue weighted by atomic mass is 16.5. The van der Waals surface area contributed by atoms with E-state index in [4.69, 9.17) is 4.74 Å². The number of rotatable bonds is 9. The summed E-state index contributed by atoms with van der Waals surface area (Å²) in [5.74, 6) is 1.71. The van der Waals surface area contributed by atoms with E-state index in [1.807, 2.05) is 42.1 Å². The number of guanidine groups is 1. The SMILES string of the molecule is CCNC(=NCC(C)Oc1cccc(C)c1)NCCCn1cccn1. The summed E-state index contributed by atoms with van der Waals surface area (Å²) in [4.78, 5) is 4.61. The molecule has 1 heterocycles. The average Bonchev–Trinajstić information content (AvgIpc) is 3.10. The first-order valence-corrected chi connectivity index (χ1v) is 8.90. The van der Waals surface area contributed by atoms with Gasteiger partial charge in [0.15, 0.2) is 5.96 Å². The molecule has 6 heteroatoms. The Kier molecular flexibility index (Phi) is 7.82. The van der Waals surface area contributed by atoms with E-state index in [1.165, 1.54) is 5.56 Å². The van der Waals surface area contributed by atoms with E-state index in [0.29, 0.717) is 6.54 Å². The summed E-state index contributed by atoms with van der Waals surface area (Å²) in [6.45, 7) is 9.33. The average molecular weight is 343 g/mol. The van der Waals surface area contributed by atoms with E-state index in [-0.39, 0.29) is 6.10 Å². The van der Waals surface area contributed by atoms with Gasteiger partial charge < -0.3 is 15.4 Å². The topological polar surface area (TPSA) is 63.5 Å². The van der Waals surface area contributed by atoms with Crippen molar-refractivity contribution in [3.8, 4) is 5.75 Å². The number of benzene rings is 1. The first kappa shape index (κ1) is 18.8. The molecule has 0 radical (unpaired) electrons. The third-order valence-corrected chi connectivity index (χ3v) is 3.59. The Morgan fingerprint density at radius 3 is 2.92 bits per heavy atom. The van der Waals surface area contributed by atoms with Gasteiger partial charge in [0.1, 0.15) is 11.9 Å². The van der Waals surface area contributed by atoms with Gasteiger partial charge in [-0.1, -0.05) is 12.1 Å². The van der Waals surface area contributed by atoms with Crippen LogP contribution in [0.1, 0.15) is 25.8 Å². The number of nitrogens with one attached hydrogen (secondary N) is 2. The maximum Gasteiger partial charge on any atom is 0.191 e. The molecule has 25 heavy (non-hydrogen) atoms. The third-order valence-electron chi connectivity index (χ3n) is 3.59. The number of ether oxygens (including phenoxy) is 1. The molecule has 0 bridgehead atoms. The molecule has 1 unspecified atom stereocenters. The number of aliphatic imine (C=N–C) groups is 1. The van der Waals surface area contributed by atoms with Gasteiger partial charge in [-0.05, 0) is 51.0 Å². The molecule has 2 N–H and O–H groups in total. The lowest BCUT2D eigenvalue weighted by Gasteiger charge is -2.15. The summed E-state index contributed by atoms with van der Waals surface area (Å²) in [6.07, 6.45) is 4.78. The molecule has 136 valence electrons. The van der Waals surface area contributed by atoms with Crippen LogP contribution in [0.15, 0.2) is 47.7 Å². The Morgan fingerprint density at radius 2 is 2.20 bits per heavy atom. The molecule has 0 saturated carbocycles. The maximum absolute atomic E-state index is 5.92. The van der Waals surface area contributed by atoms with E-state index in [9.17, 15) is 0 Å². The van der Waals surface area contributed by atoms with E-state index in [0.717, 1.165) is 37.8 Å². The number of hydrogen-bond acceptors (Lipinski definition) is 3. The number of nitrogens with zero attached hydrogens (tertiary/aromatic N) is 3. The van der Waals surface area contributed by atoms with Crippen LogP contribution in [0.4, 0.5) is 0 Å². The molecule has 1 aromatic carbocycles.